The van der Waals surface area contributed by atoms with Crippen molar-refractivity contribution in [1.29, 1.82) is 0 Å². The van der Waals surface area contributed by atoms with E-state index >= 15 is 0 Å². The standard InChI is InChI=1S/C25H41NO6/c1-6-26-11-23(12-29-2)8-7-16(31-4)25-14-9-13-15(30-3)10-24(28,17(14)19(13)27)18(22(25)26)20(32-5)21(23)25/h13-22,27-28H,6-12H2,1-5H3/t13-,14?,15+,16+,17?,18?,19+,20+,21?,22?,23+,24-,25+/m1/s1. The topological polar surface area (TPSA) is 80.6 Å². The number of piperidine rings is 1. The lowest BCUT2D eigenvalue weighted by Crippen LogP contribution is -2.76. The van der Waals surface area contributed by atoms with Gasteiger partial charge in [-0.3, -0.25) is 4.90 Å². The number of hydrogen-bond donors (Lipinski definition) is 2. The zero-order chi connectivity index (χ0) is 22.6. The van der Waals surface area contributed by atoms with E-state index in [1.165, 1.54) is 0 Å². The second-order valence-electron chi connectivity index (χ2n) is 11.8. The second-order valence-corrected chi connectivity index (χ2v) is 11.8. The quantitative estimate of drug-likeness (QED) is 0.627. The first-order chi connectivity index (χ1) is 15.4. The Balaban J connectivity index is 1.63. The monoisotopic (exact) mass is 451 g/mol. The molecule has 7 heteroatoms. The largest absolute Gasteiger partial charge is 0.392 e. The number of nitrogens with zero attached hydrogens (tertiary/aromatic N) is 1. The molecule has 6 rings (SSSR count). The molecule has 13 atom stereocenters. The van der Waals surface area contributed by atoms with Crippen LogP contribution in [0.2, 0.25) is 0 Å². The van der Waals surface area contributed by atoms with Crippen molar-refractivity contribution >= 4 is 0 Å². The van der Waals surface area contributed by atoms with Gasteiger partial charge in [0.2, 0.25) is 0 Å². The van der Waals surface area contributed by atoms with E-state index < -0.39 is 11.7 Å². The highest BCUT2D eigenvalue weighted by Crippen LogP contribution is 2.79. The Bertz CT molecular complexity index is 767. The predicted molar refractivity (Wildman–Crippen MR) is 117 cm³/mol. The number of methoxy groups -OCH3 is 4. The average molecular weight is 452 g/mol. The molecule has 1 heterocycles. The summed E-state index contributed by atoms with van der Waals surface area (Å²) in [6.45, 7) is 4.86. The summed E-state index contributed by atoms with van der Waals surface area (Å²) in [7, 11) is 7.23. The van der Waals surface area contributed by atoms with E-state index in [4.69, 9.17) is 18.9 Å². The maximum Gasteiger partial charge on any atom is 0.0796 e. The van der Waals surface area contributed by atoms with Gasteiger partial charge in [-0.2, -0.15) is 0 Å². The van der Waals surface area contributed by atoms with Gasteiger partial charge in [-0.05, 0) is 31.7 Å². The first-order valence-corrected chi connectivity index (χ1v) is 12.6. The Hall–Kier alpha value is -0.280. The number of hydrogen-bond acceptors (Lipinski definition) is 7. The zero-order valence-electron chi connectivity index (χ0n) is 20.2. The first kappa shape index (κ1) is 22.2. The molecule has 182 valence electrons. The SMILES string of the molecule is CCN1C[C@]2(COC)CC[C@H](OC)[C@]34C5C[C@@H]6[C@@H](OC)C[C@](O)(C(C13)[C@H](OC)C24)C5[C@H]6O. The predicted octanol–water partition coefficient (Wildman–Crippen LogP) is 1.16. The summed E-state index contributed by atoms with van der Waals surface area (Å²) < 4.78 is 24.5. The summed E-state index contributed by atoms with van der Waals surface area (Å²) in [5.74, 6) is 0.310. The Kier molecular flexibility index (Phi) is 4.94. The molecule has 1 spiro atoms. The third-order valence-electron chi connectivity index (χ3n) is 11.4. The molecule has 5 aliphatic carbocycles. The van der Waals surface area contributed by atoms with Crippen LogP contribution in [-0.4, -0.2) is 99.3 Å². The molecule has 7 bridgehead atoms. The van der Waals surface area contributed by atoms with E-state index in [0.29, 0.717) is 13.0 Å². The van der Waals surface area contributed by atoms with E-state index in [0.717, 1.165) is 32.4 Å². The fourth-order valence-electron chi connectivity index (χ4n) is 11.0. The van der Waals surface area contributed by atoms with Gasteiger partial charge in [-0.1, -0.05) is 6.92 Å². The fraction of sp³-hybridized carbons (Fsp3) is 1.00. The third kappa shape index (κ3) is 2.19. The minimum atomic E-state index is -0.999. The lowest BCUT2D eigenvalue weighted by molar-refractivity contribution is -0.276. The van der Waals surface area contributed by atoms with E-state index in [1.54, 1.807) is 7.11 Å². The van der Waals surface area contributed by atoms with Crippen LogP contribution in [0.15, 0.2) is 0 Å². The van der Waals surface area contributed by atoms with Crippen molar-refractivity contribution in [3.05, 3.63) is 0 Å². The summed E-state index contributed by atoms with van der Waals surface area (Å²) in [5, 5.41) is 24.1. The van der Waals surface area contributed by atoms with Crippen molar-refractivity contribution in [2.45, 2.75) is 68.7 Å². The molecule has 32 heavy (non-hydrogen) atoms. The van der Waals surface area contributed by atoms with E-state index in [9.17, 15) is 10.2 Å². The molecule has 2 N–H and O–H groups in total. The Morgan fingerprint density at radius 3 is 2.47 bits per heavy atom. The van der Waals surface area contributed by atoms with Crippen molar-refractivity contribution in [2.24, 2.45) is 40.4 Å². The van der Waals surface area contributed by atoms with Crippen LogP contribution in [-0.2, 0) is 18.9 Å². The van der Waals surface area contributed by atoms with Crippen LogP contribution >= 0.6 is 0 Å². The Morgan fingerprint density at radius 1 is 1.06 bits per heavy atom. The van der Waals surface area contributed by atoms with Crippen molar-refractivity contribution in [3.63, 3.8) is 0 Å². The van der Waals surface area contributed by atoms with Crippen LogP contribution in [0.25, 0.3) is 0 Å². The molecular weight excluding hydrogens is 410 g/mol. The van der Waals surface area contributed by atoms with Crippen LogP contribution in [0.1, 0.15) is 32.6 Å². The number of ether oxygens (including phenoxy) is 4. The molecule has 6 fully saturated rings. The van der Waals surface area contributed by atoms with Crippen LogP contribution in [0.5, 0.6) is 0 Å². The maximum atomic E-state index is 12.6. The van der Waals surface area contributed by atoms with Crippen molar-refractivity contribution < 1.29 is 29.2 Å². The van der Waals surface area contributed by atoms with E-state index in [1.807, 2.05) is 21.3 Å². The fourth-order valence-corrected chi connectivity index (χ4v) is 11.0. The van der Waals surface area contributed by atoms with E-state index in [2.05, 4.69) is 11.8 Å². The smallest absolute Gasteiger partial charge is 0.0796 e. The molecule has 5 unspecified atom stereocenters. The van der Waals surface area contributed by atoms with Gasteiger partial charge in [0.15, 0.2) is 0 Å². The molecule has 6 aliphatic rings. The molecule has 1 aliphatic heterocycles. The normalized spacial score (nSPS) is 60.1. The van der Waals surface area contributed by atoms with Gasteiger partial charge >= 0.3 is 0 Å². The second kappa shape index (κ2) is 7.12. The van der Waals surface area contributed by atoms with Crippen LogP contribution < -0.4 is 0 Å². The molecule has 0 aromatic rings. The summed E-state index contributed by atoms with van der Waals surface area (Å²) in [6.07, 6.45) is 2.89. The Morgan fingerprint density at radius 2 is 1.84 bits per heavy atom. The lowest BCUT2D eigenvalue weighted by Gasteiger charge is -2.69. The van der Waals surface area contributed by atoms with Crippen molar-refractivity contribution in [2.75, 3.05) is 48.1 Å². The number of aliphatic hydroxyl groups is 2. The number of aliphatic hydroxyl groups excluding tert-OH is 1. The molecule has 0 radical (unpaired) electrons. The minimum absolute atomic E-state index is 0.0234. The van der Waals surface area contributed by atoms with Gasteiger partial charge in [0.25, 0.3) is 0 Å². The van der Waals surface area contributed by atoms with Gasteiger partial charge in [0, 0.05) is 81.9 Å². The molecule has 7 nitrogen and oxygen atoms in total. The van der Waals surface area contributed by atoms with E-state index in [-0.39, 0.29) is 64.8 Å². The van der Waals surface area contributed by atoms with Crippen LogP contribution in [0.3, 0.4) is 0 Å². The highest BCUT2D eigenvalue weighted by atomic mass is 16.5. The summed E-state index contributed by atoms with van der Waals surface area (Å²) in [6, 6.07) is 0.186. The van der Waals surface area contributed by atoms with Gasteiger partial charge in [0.1, 0.15) is 0 Å². The van der Waals surface area contributed by atoms with Crippen molar-refractivity contribution in [3.8, 4) is 0 Å². The van der Waals surface area contributed by atoms with Gasteiger partial charge < -0.3 is 29.2 Å². The number of rotatable bonds is 6. The van der Waals surface area contributed by atoms with Gasteiger partial charge in [-0.15, -0.1) is 0 Å². The lowest BCUT2D eigenvalue weighted by atomic mass is 9.43. The van der Waals surface area contributed by atoms with Crippen LogP contribution in [0, 0.1) is 40.4 Å². The summed E-state index contributed by atoms with van der Waals surface area (Å²) >= 11 is 0. The number of likely N-dealkylation sites (tertiary alicyclic amines) is 1. The molecule has 5 saturated carbocycles. The van der Waals surface area contributed by atoms with Crippen LogP contribution in [0.4, 0.5) is 0 Å². The molecule has 1 saturated heterocycles. The zero-order valence-corrected chi connectivity index (χ0v) is 20.2. The summed E-state index contributed by atoms with van der Waals surface area (Å²) in [5.41, 5.74) is -1.18. The third-order valence-corrected chi connectivity index (χ3v) is 11.4. The molecule has 0 aromatic heterocycles. The van der Waals surface area contributed by atoms with Gasteiger partial charge in [-0.25, -0.2) is 0 Å². The molecular formula is C25H41NO6. The molecule has 0 aromatic carbocycles. The maximum absolute atomic E-state index is 12.6. The highest BCUT2D eigenvalue weighted by molar-refractivity contribution is 5.35. The summed E-state index contributed by atoms with van der Waals surface area (Å²) in [4.78, 5) is 2.62. The van der Waals surface area contributed by atoms with Crippen molar-refractivity contribution in [1.82, 2.24) is 4.90 Å². The first-order valence-electron chi connectivity index (χ1n) is 12.6. The molecule has 0 amide bonds. The average Bonchev–Trinajstić information content (AvgIpc) is 3.19. The minimum Gasteiger partial charge on any atom is -0.392 e. The Labute approximate surface area is 191 Å². The number of fused-ring (bicyclic) bond motifs is 2. The van der Waals surface area contributed by atoms with Gasteiger partial charge in [0.05, 0.1) is 36.6 Å². The highest BCUT2D eigenvalue weighted by Gasteiger charge is 2.86.